The summed E-state index contributed by atoms with van der Waals surface area (Å²) in [4.78, 5) is 14.3. The van der Waals surface area contributed by atoms with Crippen LogP contribution in [-0.2, 0) is 14.8 Å². The number of carbonyl (C=O) groups is 1. The van der Waals surface area contributed by atoms with Gasteiger partial charge >= 0.3 is 0 Å². The largest absolute Gasteiger partial charge is 0.336 e. The number of hydrogen-bond acceptors (Lipinski definition) is 3. The predicted octanol–water partition coefficient (Wildman–Crippen LogP) is 1.84. The molecule has 22 heavy (non-hydrogen) atoms. The van der Waals surface area contributed by atoms with E-state index in [4.69, 9.17) is 0 Å². The van der Waals surface area contributed by atoms with Crippen molar-refractivity contribution in [2.45, 2.75) is 64.5 Å². The number of likely N-dealkylation sites (tertiary alicyclic amines) is 1. The average Bonchev–Trinajstić information content (AvgIpc) is 3.29. The van der Waals surface area contributed by atoms with Crippen LogP contribution in [0.25, 0.3) is 0 Å². The summed E-state index contributed by atoms with van der Waals surface area (Å²) in [5.74, 6) is 1.29. The second kappa shape index (κ2) is 6.11. The van der Waals surface area contributed by atoms with E-state index >= 15 is 0 Å². The predicted molar refractivity (Wildman–Crippen MR) is 85.8 cm³/mol. The first-order chi connectivity index (χ1) is 10.4. The van der Waals surface area contributed by atoms with Gasteiger partial charge in [0.05, 0.1) is 5.75 Å². The number of nitrogens with zero attached hydrogens (tertiary/aromatic N) is 2. The SMILES string of the molecule is CC(C)CCS(=O)(=O)N1CCC2C(CCC(=O)N2C2CC2)C1. The molecule has 0 radical (unpaired) electrons. The van der Waals surface area contributed by atoms with Crippen LogP contribution in [0.4, 0.5) is 0 Å². The van der Waals surface area contributed by atoms with Crippen LogP contribution in [0.1, 0.15) is 52.4 Å². The molecule has 2 saturated heterocycles. The lowest BCUT2D eigenvalue weighted by molar-refractivity contribution is -0.141. The molecule has 2 aliphatic heterocycles. The Morgan fingerprint density at radius 2 is 1.91 bits per heavy atom. The first-order valence-electron chi connectivity index (χ1n) is 8.67. The van der Waals surface area contributed by atoms with Gasteiger partial charge in [-0.3, -0.25) is 4.79 Å². The van der Waals surface area contributed by atoms with E-state index < -0.39 is 10.0 Å². The lowest BCUT2D eigenvalue weighted by atomic mass is 9.84. The minimum Gasteiger partial charge on any atom is -0.336 e. The summed E-state index contributed by atoms with van der Waals surface area (Å²) in [6, 6.07) is 0.731. The quantitative estimate of drug-likeness (QED) is 0.774. The third kappa shape index (κ3) is 3.32. The first kappa shape index (κ1) is 16.2. The smallest absolute Gasteiger partial charge is 0.223 e. The van der Waals surface area contributed by atoms with Gasteiger partial charge in [0.25, 0.3) is 0 Å². The molecule has 0 bridgehead atoms. The molecular formula is C16H28N2O3S. The number of carbonyl (C=O) groups excluding carboxylic acids is 1. The third-order valence-electron chi connectivity index (χ3n) is 5.32. The van der Waals surface area contributed by atoms with Crippen molar-refractivity contribution in [1.82, 2.24) is 9.21 Å². The van der Waals surface area contributed by atoms with E-state index in [0.29, 0.717) is 43.3 Å². The molecule has 0 aromatic rings. The lowest BCUT2D eigenvalue weighted by Crippen LogP contribution is -2.57. The third-order valence-corrected chi connectivity index (χ3v) is 7.19. The Labute approximate surface area is 134 Å². The van der Waals surface area contributed by atoms with Crippen LogP contribution in [0.5, 0.6) is 0 Å². The van der Waals surface area contributed by atoms with Gasteiger partial charge in [0, 0.05) is 31.6 Å². The van der Waals surface area contributed by atoms with Crippen molar-refractivity contribution in [3.63, 3.8) is 0 Å². The van der Waals surface area contributed by atoms with Gasteiger partial charge in [-0.25, -0.2) is 12.7 Å². The fraction of sp³-hybridized carbons (Fsp3) is 0.938. The van der Waals surface area contributed by atoms with Gasteiger partial charge in [0.15, 0.2) is 0 Å². The monoisotopic (exact) mass is 328 g/mol. The summed E-state index contributed by atoms with van der Waals surface area (Å²) >= 11 is 0. The number of rotatable bonds is 5. The number of sulfonamides is 1. The molecule has 2 atom stereocenters. The molecule has 1 aliphatic carbocycles. The number of piperidine rings is 2. The van der Waals surface area contributed by atoms with Gasteiger partial charge < -0.3 is 4.90 Å². The minimum absolute atomic E-state index is 0.257. The number of hydrogen-bond donors (Lipinski definition) is 0. The molecule has 3 fully saturated rings. The summed E-state index contributed by atoms with van der Waals surface area (Å²) in [6.07, 6.45) is 5.24. The minimum atomic E-state index is -3.13. The maximum atomic E-state index is 12.5. The van der Waals surface area contributed by atoms with E-state index in [1.165, 1.54) is 0 Å². The van der Waals surface area contributed by atoms with Crippen LogP contribution in [0, 0.1) is 11.8 Å². The number of fused-ring (bicyclic) bond motifs is 1. The highest BCUT2D eigenvalue weighted by Gasteiger charge is 2.46. The van der Waals surface area contributed by atoms with Gasteiger partial charge in [0.2, 0.25) is 15.9 Å². The van der Waals surface area contributed by atoms with Crippen LogP contribution in [-0.4, -0.2) is 54.5 Å². The Morgan fingerprint density at radius 1 is 1.18 bits per heavy atom. The highest BCUT2D eigenvalue weighted by Crippen LogP contribution is 2.39. The zero-order chi connectivity index (χ0) is 15.9. The zero-order valence-corrected chi connectivity index (χ0v) is 14.5. The molecule has 126 valence electrons. The van der Waals surface area contributed by atoms with Crippen LogP contribution >= 0.6 is 0 Å². The fourth-order valence-electron chi connectivity index (χ4n) is 3.85. The first-order valence-corrected chi connectivity index (χ1v) is 10.3. The summed E-state index contributed by atoms with van der Waals surface area (Å²) in [5.41, 5.74) is 0. The summed E-state index contributed by atoms with van der Waals surface area (Å²) in [7, 11) is -3.13. The van der Waals surface area contributed by atoms with Crippen molar-refractivity contribution in [2.75, 3.05) is 18.8 Å². The van der Waals surface area contributed by atoms with Gasteiger partial charge in [-0.2, -0.15) is 0 Å². The second-order valence-electron chi connectivity index (χ2n) is 7.54. The molecule has 3 rings (SSSR count). The molecule has 0 N–H and O–H groups in total. The molecular weight excluding hydrogens is 300 g/mol. The van der Waals surface area contributed by atoms with Gasteiger partial charge in [-0.1, -0.05) is 13.8 Å². The summed E-state index contributed by atoms with van der Waals surface area (Å²) in [6.45, 7) is 5.31. The van der Waals surface area contributed by atoms with Crippen molar-refractivity contribution in [1.29, 1.82) is 0 Å². The normalized spacial score (nSPS) is 30.7. The molecule has 2 unspecified atom stereocenters. The van der Waals surface area contributed by atoms with Crippen molar-refractivity contribution in [3.05, 3.63) is 0 Å². The molecule has 0 spiro atoms. The Hall–Kier alpha value is -0.620. The Morgan fingerprint density at radius 3 is 2.55 bits per heavy atom. The molecule has 1 saturated carbocycles. The summed E-state index contributed by atoms with van der Waals surface area (Å²) < 4.78 is 26.7. The van der Waals surface area contributed by atoms with E-state index in [1.807, 2.05) is 0 Å². The number of amides is 1. The standard InChI is InChI=1S/C16H28N2O3S/c1-12(2)8-10-22(20,21)17-9-7-15-13(11-17)3-6-16(19)18(15)14-4-5-14/h12-15H,3-11H2,1-2H3. The topological polar surface area (TPSA) is 57.7 Å². The molecule has 1 amide bonds. The van der Waals surface area contributed by atoms with Gasteiger partial charge in [-0.05, 0) is 43.9 Å². The maximum Gasteiger partial charge on any atom is 0.223 e. The second-order valence-corrected chi connectivity index (χ2v) is 9.63. The van der Waals surface area contributed by atoms with E-state index in [2.05, 4.69) is 18.7 Å². The van der Waals surface area contributed by atoms with Gasteiger partial charge in [0.1, 0.15) is 0 Å². The van der Waals surface area contributed by atoms with E-state index in [9.17, 15) is 13.2 Å². The maximum absolute atomic E-state index is 12.5. The highest BCUT2D eigenvalue weighted by atomic mass is 32.2. The Kier molecular flexibility index (Phi) is 4.52. The van der Waals surface area contributed by atoms with Crippen molar-refractivity contribution in [3.8, 4) is 0 Å². The van der Waals surface area contributed by atoms with Crippen molar-refractivity contribution < 1.29 is 13.2 Å². The molecule has 2 heterocycles. The van der Waals surface area contributed by atoms with Crippen LogP contribution in [0.2, 0.25) is 0 Å². The summed E-state index contributed by atoms with van der Waals surface area (Å²) in [5, 5.41) is 0. The zero-order valence-electron chi connectivity index (χ0n) is 13.7. The molecule has 0 aromatic carbocycles. The van der Waals surface area contributed by atoms with Crippen molar-refractivity contribution in [2.24, 2.45) is 11.8 Å². The lowest BCUT2D eigenvalue weighted by Gasteiger charge is -2.47. The molecule has 0 aromatic heterocycles. The molecule has 3 aliphatic rings. The van der Waals surface area contributed by atoms with Crippen molar-refractivity contribution >= 4 is 15.9 Å². The van der Waals surface area contributed by atoms with E-state index in [0.717, 1.165) is 32.1 Å². The average molecular weight is 328 g/mol. The molecule has 6 heteroatoms. The fourth-order valence-corrected chi connectivity index (χ4v) is 5.68. The highest BCUT2D eigenvalue weighted by molar-refractivity contribution is 7.89. The van der Waals surface area contributed by atoms with E-state index in [-0.39, 0.29) is 11.8 Å². The van der Waals surface area contributed by atoms with Crippen LogP contribution in [0.15, 0.2) is 0 Å². The van der Waals surface area contributed by atoms with Gasteiger partial charge in [-0.15, -0.1) is 0 Å². The Balaban J connectivity index is 1.65. The molecule has 5 nitrogen and oxygen atoms in total. The Bertz CT molecular complexity index is 528. The van der Waals surface area contributed by atoms with Crippen LogP contribution < -0.4 is 0 Å². The van der Waals surface area contributed by atoms with Crippen LogP contribution in [0.3, 0.4) is 0 Å². The van der Waals surface area contributed by atoms with E-state index in [1.54, 1.807) is 4.31 Å².